The van der Waals surface area contributed by atoms with Crippen LogP contribution in [0, 0.1) is 6.92 Å². The van der Waals surface area contributed by atoms with Crippen LogP contribution in [-0.2, 0) is 6.54 Å². The van der Waals surface area contributed by atoms with Crippen LogP contribution in [0.1, 0.15) is 11.1 Å². The van der Waals surface area contributed by atoms with Crippen LogP contribution in [0.4, 0.5) is 10.5 Å². The van der Waals surface area contributed by atoms with Crippen LogP contribution in [0.3, 0.4) is 0 Å². The van der Waals surface area contributed by atoms with Gasteiger partial charge in [-0.2, -0.15) is 0 Å². The first-order valence-electron chi connectivity index (χ1n) is 5.99. The van der Waals surface area contributed by atoms with Crippen LogP contribution in [0.5, 0.6) is 0 Å². The third kappa shape index (κ3) is 1.81. The molecular weight excluding hydrogens is 244 g/mol. The van der Waals surface area contributed by atoms with Gasteiger partial charge in [0.2, 0.25) is 0 Å². The van der Waals surface area contributed by atoms with Crippen molar-refractivity contribution in [1.29, 1.82) is 0 Å². The largest absolute Gasteiger partial charge is 0.323 e. The first kappa shape index (κ1) is 11.6. The van der Waals surface area contributed by atoms with E-state index < -0.39 is 0 Å². The number of amides is 2. The molecule has 6 nitrogen and oxygen atoms in total. The molecule has 6 heteroatoms. The average Bonchev–Trinajstić information content (AvgIpc) is 2.71. The second-order valence-corrected chi connectivity index (χ2v) is 4.74. The summed E-state index contributed by atoms with van der Waals surface area (Å²) in [5, 5.41) is 8.26. The van der Waals surface area contributed by atoms with Crippen LogP contribution in [0.25, 0.3) is 11.3 Å². The summed E-state index contributed by atoms with van der Waals surface area (Å²) in [6.07, 6.45) is 0. The summed E-state index contributed by atoms with van der Waals surface area (Å²) in [4.78, 5) is 24.6. The zero-order valence-corrected chi connectivity index (χ0v) is 10.7. The molecule has 0 fully saturated rings. The van der Waals surface area contributed by atoms with Gasteiger partial charge in [0.25, 0.3) is 5.56 Å². The van der Waals surface area contributed by atoms with E-state index in [-0.39, 0.29) is 11.6 Å². The van der Waals surface area contributed by atoms with Crippen LogP contribution >= 0.6 is 0 Å². The van der Waals surface area contributed by atoms with Gasteiger partial charge in [-0.1, -0.05) is 6.07 Å². The van der Waals surface area contributed by atoms with Crippen LogP contribution < -0.4 is 10.9 Å². The Hall–Kier alpha value is -2.50. The quantitative estimate of drug-likeness (QED) is 0.727. The SMILES string of the molecule is Cc1c(-c2ccc3c(c2)CN(C)C(=O)N3)[nH][nH]c1=O. The number of fused-ring (bicyclic) bond motifs is 1. The molecule has 1 aliphatic heterocycles. The number of carbonyl (C=O) groups is 1. The van der Waals surface area contributed by atoms with E-state index in [4.69, 9.17) is 0 Å². The summed E-state index contributed by atoms with van der Waals surface area (Å²) in [7, 11) is 1.74. The third-order valence-corrected chi connectivity index (χ3v) is 3.41. The van der Waals surface area contributed by atoms with Crippen molar-refractivity contribution in [3.63, 3.8) is 0 Å². The lowest BCUT2D eigenvalue weighted by molar-refractivity contribution is 0.218. The van der Waals surface area contributed by atoms with Gasteiger partial charge >= 0.3 is 6.03 Å². The number of hydrogen-bond acceptors (Lipinski definition) is 2. The fraction of sp³-hybridized carbons (Fsp3) is 0.231. The molecule has 98 valence electrons. The number of nitrogens with one attached hydrogen (secondary N) is 3. The van der Waals surface area contributed by atoms with Gasteiger partial charge in [-0.15, -0.1) is 0 Å². The topological polar surface area (TPSA) is 81.0 Å². The minimum atomic E-state index is -0.113. The molecule has 3 rings (SSSR count). The Balaban J connectivity index is 2.07. The molecule has 2 aromatic rings. The summed E-state index contributed by atoms with van der Waals surface area (Å²) in [5.41, 5.74) is 4.11. The second-order valence-electron chi connectivity index (χ2n) is 4.74. The number of nitrogens with zero attached hydrogens (tertiary/aromatic N) is 1. The Morgan fingerprint density at radius 1 is 1.21 bits per heavy atom. The number of carbonyl (C=O) groups excluding carboxylic acids is 1. The Labute approximate surface area is 109 Å². The normalized spacial score (nSPS) is 14.2. The van der Waals surface area contributed by atoms with Crippen molar-refractivity contribution in [2.24, 2.45) is 0 Å². The molecule has 0 unspecified atom stereocenters. The van der Waals surface area contributed by atoms with Crippen molar-refractivity contribution in [2.75, 3.05) is 12.4 Å². The van der Waals surface area contributed by atoms with E-state index in [0.717, 1.165) is 22.5 Å². The van der Waals surface area contributed by atoms with Gasteiger partial charge < -0.3 is 10.2 Å². The van der Waals surface area contributed by atoms with E-state index in [1.807, 2.05) is 18.2 Å². The minimum Gasteiger partial charge on any atom is -0.323 e. The third-order valence-electron chi connectivity index (χ3n) is 3.41. The smallest absolute Gasteiger partial charge is 0.321 e. The molecular formula is C13H14N4O2. The Morgan fingerprint density at radius 3 is 2.68 bits per heavy atom. The molecule has 2 heterocycles. The van der Waals surface area contributed by atoms with Gasteiger partial charge in [0.15, 0.2) is 0 Å². The summed E-state index contributed by atoms with van der Waals surface area (Å²) >= 11 is 0. The van der Waals surface area contributed by atoms with Crippen molar-refractivity contribution >= 4 is 11.7 Å². The van der Waals surface area contributed by atoms with Crippen LogP contribution in [0.2, 0.25) is 0 Å². The number of aromatic nitrogens is 2. The van der Waals surface area contributed by atoms with E-state index in [1.54, 1.807) is 18.9 Å². The minimum absolute atomic E-state index is 0.105. The summed E-state index contributed by atoms with van der Waals surface area (Å²) in [6.45, 7) is 2.33. The second kappa shape index (κ2) is 4.01. The van der Waals surface area contributed by atoms with Crippen molar-refractivity contribution in [3.8, 4) is 11.3 Å². The number of anilines is 1. The summed E-state index contributed by atoms with van der Waals surface area (Å²) < 4.78 is 0. The maximum Gasteiger partial charge on any atom is 0.321 e. The summed E-state index contributed by atoms with van der Waals surface area (Å²) in [5.74, 6) is 0. The predicted molar refractivity (Wildman–Crippen MR) is 72.1 cm³/mol. The Morgan fingerprint density at radius 2 is 2.00 bits per heavy atom. The van der Waals surface area contributed by atoms with Crippen molar-refractivity contribution < 1.29 is 4.79 Å². The molecule has 0 atom stereocenters. The van der Waals surface area contributed by atoms with E-state index >= 15 is 0 Å². The highest BCUT2D eigenvalue weighted by Crippen LogP contribution is 2.28. The zero-order chi connectivity index (χ0) is 13.6. The monoisotopic (exact) mass is 258 g/mol. The first-order valence-corrected chi connectivity index (χ1v) is 5.99. The van der Waals surface area contributed by atoms with Gasteiger partial charge in [0.05, 0.1) is 5.69 Å². The van der Waals surface area contributed by atoms with E-state index in [2.05, 4.69) is 15.5 Å². The van der Waals surface area contributed by atoms with E-state index in [0.29, 0.717) is 12.1 Å². The highest BCUT2D eigenvalue weighted by atomic mass is 16.2. The number of urea groups is 1. The van der Waals surface area contributed by atoms with Crippen LogP contribution in [0.15, 0.2) is 23.0 Å². The van der Waals surface area contributed by atoms with Crippen LogP contribution in [-0.4, -0.2) is 28.2 Å². The molecule has 3 N–H and O–H groups in total. The molecule has 0 saturated carbocycles. The standard InChI is InChI=1S/C13H14N4O2/c1-7-11(15-16-12(7)18)8-3-4-10-9(5-8)6-17(2)13(19)14-10/h3-5H,6H2,1-2H3,(H,14,19)(H2,15,16,18). The lowest BCUT2D eigenvalue weighted by Gasteiger charge is -2.26. The predicted octanol–water partition coefficient (Wildman–Crippen LogP) is 1.66. The molecule has 0 saturated heterocycles. The van der Waals surface area contributed by atoms with Crippen molar-refractivity contribution in [1.82, 2.24) is 15.1 Å². The Kier molecular flexibility index (Phi) is 2.45. The molecule has 0 aliphatic carbocycles. The molecule has 1 aliphatic rings. The fourth-order valence-electron chi connectivity index (χ4n) is 2.25. The molecule has 1 aromatic carbocycles. The molecule has 0 radical (unpaired) electrons. The van der Waals surface area contributed by atoms with Gasteiger partial charge in [0.1, 0.15) is 0 Å². The lowest BCUT2D eigenvalue weighted by Crippen LogP contribution is -2.35. The summed E-state index contributed by atoms with van der Waals surface area (Å²) in [6, 6.07) is 5.63. The number of hydrogen-bond donors (Lipinski definition) is 3. The van der Waals surface area contributed by atoms with E-state index in [1.165, 1.54) is 0 Å². The van der Waals surface area contributed by atoms with Gasteiger partial charge in [0, 0.05) is 30.4 Å². The number of aromatic amines is 2. The number of H-pyrrole nitrogens is 2. The molecule has 2 amide bonds. The van der Waals surface area contributed by atoms with Gasteiger partial charge in [-0.25, -0.2) is 4.79 Å². The van der Waals surface area contributed by atoms with Crippen molar-refractivity contribution in [2.45, 2.75) is 13.5 Å². The highest BCUT2D eigenvalue weighted by Gasteiger charge is 2.20. The van der Waals surface area contributed by atoms with E-state index in [9.17, 15) is 9.59 Å². The van der Waals surface area contributed by atoms with Gasteiger partial charge in [-0.05, 0) is 24.6 Å². The lowest BCUT2D eigenvalue weighted by atomic mass is 10.0. The number of benzene rings is 1. The molecule has 19 heavy (non-hydrogen) atoms. The molecule has 0 bridgehead atoms. The average molecular weight is 258 g/mol. The zero-order valence-electron chi connectivity index (χ0n) is 10.7. The maximum atomic E-state index is 11.5. The Bertz CT molecular complexity index is 714. The van der Waals surface area contributed by atoms with Gasteiger partial charge in [-0.3, -0.25) is 15.0 Å². The fourth-order valence-corrected chi connectivity index (χ4v) is 2.25. The van der Waals surface area contributed by atoms with Crippen molar-refractivity contribution in [3.05, 3.63) is 39.7 Å². The number of rotatable bonds is 1. The molecule has 1 aromatic heterocycles. The highest BCUT2D eigenvalue weighted by molar-refractivity contribution is 5.92. The first-order chi connectivity index (χ1) is 9.06. The molecule has 0 spiro atoms. The maximum absolute atomic E-state index is 11.5.